The summed E-state index contributed by atoms with van der Waals surface area (Å²) in [5.74, 6) is -0.419. The summed E-state index contributed by atoms with van der Waals surface area (Å²) in [4.78, 5) is 23.1. The summed E-state index contributed by atoms with van der Waals surface area (Å²) in [7, 11) is 0. The Kier molecular flexibility index (Phi) is 4.39. The minimum atomic E-state index is -0.941. The molecule has 0 aliphatic rings. The molecule has 1 aromatic rings. The van der Waals surface area contributed by atoms with Crippen molar-refractivity contribution in [1.82, 2.24) is 5.32 Å². The normalized spacial score (nSPS) is 14.2. The summed E-state index contributed by atoms with van der Waals surface area (Å²) in [6.07, 6.45) is -0.130. The lowest BCUT2D eigenvalue weighted by Crippen LogP contribution is -2.51. The highest BCUT2D eigenvalue weighted by molar-refractivity contribution is 5.93. The smallest absolute Gasteiger partial charge is 0.305 e. The second kappa shape index (κ2) is 5.47. The Morgan fingerprint density at radius 1 is 1.42 bits per heavy atom. The lowest BCUT2D eigenvalue weighted by Gasteiger charge is -2.33. The maximum Gasteiger partial charge on any atom is 0.305 e. The Morgan fingerprint density at radius 3 is 2.37 bits per heavy atom. The number of rotatable bonds is 5. The third-order valence-corrected chi connectivity index (χ3v) is 3.44. The standard InChI is InChI=1S/C14H21NO4/c1-8(2)14(5,7-11(16)17)15-13(18)12-9(3)6-10(4)19-12/h6,8H,7H2,1-5H3,(H,15,18)(H,16,17). The highest BCUT2D eigenvalue weighted by Gasteiger charge is 2.34. The zero-order valence-electron chi connectivity index (χ0n) is 12.0. The quantitative estimate of drug-likeness (QED) is 0.859. The van der Waals surface area contributed by atoms with Crippen molar-refractivity contribution in [3.63, 3.8) is 0 Å². The van der Waals surface area contributed by atoms with Gasteiger partial charge in [-0.1, -0.05) is 13.8 Å². The summed E-state index contributed by atoms with van der Waals surface area (Å²) >= 11 is 0. The number of furan rings is 1. The van der Waals surface area contributed by atoms with Crippen molar-refractivity contribution in [2.75, 3.05) is 0 Å². The summed E-state index contributed by atoms with van der Waals surface area (Å²) in [5, 5.41) is 11.7. The van der Waals surface area contributed by atoms with Crippen LogP contribution in [-0.4, -0.2) is 22.5 Å². The van der Waals surface area contributed by atoms with Crippen LogP contribution in [0.4, 0.5) is 0 Å². The van der Waals surface area contributed by atoms with Crippen LogP contribution in [-0.2, 0) is 4.79 Å². The van der Waals surface area contributed by atoms with Gasteiger partial charge < -0.3 is 14.8 Å². The first-order valence-electron chi connectivity index (χ1n) is 6.27. The number of aryl methyl sites for hydroxylation is 2. The lowest BCUT2D eigenvalue weighted by molar-refractivity contribution is -0.138. The molecule has 0 aliphatic heterocycles. The van der Waals surface area contributed by atoms with Gasteiger partial charge in [-0.2, -0.15) is 0 Å². The van der Waals surface area contributed by atoms with Crippen molar-refractivity contribution in [1.29, 1.82) is 0 Å². The molecule has 0 aromatic carbocycles. The van der Waals surface area contributed by atoms with Crippen LogP contribution in [0.1, 0.15) is 49.1 Å². The van der Waals surface area contributed by atoms with E-state index >= 15 is 0 Å². The van der Waals surface area contributed by atoms with E-state index in [1.54, 1.807) is 26.8 Å². The summed E-state index contributed by atoms with van der Waals surface area (Å²) in [6, 6.07) is 1.78. The molecular weight excluding hydrogens is 246 g/mol. The zero-order valence-corrected chi connectivity index (χ0v) is 12.0. The SMILES string of the molecule is Cc1cc(C)c(C(=O)NC(C)(CC(=O)O)C(C)C)o1. The average molecular weight is 267 g/mol. The van der Waals surface area contributed by atoms with E-state index in [-0.39, 0.29) is 24.0 Å². The third kappa shape index (κ3) is 3.59. The minimum absolute atomic E-state index is 0.0103. The molecule has 106 valence electrons. The van der Waals surface area contributed by atoms with Gasteiger partial charge in [0.05, 0.1) is 12.0 Å². The molecule has 2 N–H and O–H groups in total. The molecule has 1 atom stereocenters. The molecule has 0 radical (unpaired) electrons. The first kappa shape index (κ1) is 15.3. The van der Waals surface area contributed by atoms with Crippen LogP contribution in [0.15, 0.2) is 10.5 Å². The van der Waals surface area contributed by atoms with Gasteiger partial charge in [0.15, 0.2) is 5.76 Å². The lowest BCUT2D eigenvalue weighted by atomic mass is 9.85. The first-order valence-corrected chi connectivity index (χ1v) is 6.27. The number of hydrogen-bond donors (Lipinski definition) is 2. The maximum absolute atomic E-state index is 12.2. The molecule has 0 saturated carbocycles. The van der Waals surface area contributed by atoms with E-state index in [0.717, 1.165) is 5.56 Å². The second-order valence-corrected chi connectivity index (χ2v) is 5.47. The molecule has 1 unspecified atom stereocenters. The predicted molar refractivity (Wildman–Crippen MR) is 71.1 cm³/mol. The van der Waals surface area contributed by atoms with Crippen LogP contribution in [0, 0.1) is 19.8 Å². The molecule has 1 aromatic heterocycles. The van der Waals surface area contributed by atoms with Gasteiger partial charge in [-0.25, -0.2) is 0 Å². The number of aliphatic carboxylic acids is 1. The number of carbonyl (C=O) groups excluding carboxylic acids is 1. The van der Waals surface area contributed by atoms with Crippen LogP contribution >= 0.6 is 0 Å². The van der Waals surface area contributed by atoms with Crippen LogP contribution in [0.3, 0.4) is 0 Å². The third-order valence-electron chi connectivity index (χ3n) is 3.44. The van der Waals surface area contributed by atoms with Crippen molar-refractivity contribution in [2.45, 2.75) is 46.6 Å². The Labute approximate surface area is 113 Å². The summed E-state index contributed by atoms with van der Waals surface area (Å²) in [6.45, 7) is 9.04. The number of hydrogen-bond acceptors (Lipinski definition) is 3. The van der Waals surface area contributed by atoms with Gasteiger partial charge >= 0.3 is 5.97 Å². The molecule has 5 nitrogen and oxygen atoms in total. The van der Waals surface area contributed by atoms with Crippen molar-refractivity contribution < 1.29 is 19.1 Å². The van der Waals surface area contributed by atoms with Gasteiger partial charge in [0.25, 0.3) is 5.91 Å². The Balaban J connectivity index is 2.94. The largest absolute Gasteiger partial charge is 0.481 e. The van der Waals surface area contributed by atoms with Gasteiger partial charge in [-0.15, -0.1) is 0 Å². The molecule has 1 rings (SSSR count). The van der Waals surface area contributed by atoms with Crippen LogP contribution < -0.4 is 5.32 Å². The molecule has 0 spiro atoms. The highest BCUT2D eigenvalue weighted by Crippen LogP contribution is 2.22. The average Bonchev–Trinajstić information content (AvgIpc) is 2.56. The van der Waals surface area contributed by atoms with Gasteiger partial charge in [-0.3, -0.25) is 9.59 Å². The Bertz CT molecular complexity index is 490. The number of nitrogens with one attached hydrogen (secondary N) is 1. The van der Waals surface area contributed by atoms with E-state index in [0.29, 0.717) is 5.76 Å². The molecule has 1 heterocycles. The van der Waals surface area contributed by atoms with E-state index in [4.69, 9.17) is 9.52 Å². The fraction of sp³-hybridized carbons (Fsp3) is 0.571. The molecule has 5 heteroatoms. The van der Waals surface area contributed by atoms with Crippen molar-refractivity contribution in [3.05, 3.63) is 23.2 Å². The summed E-state index contributed by atoms with van der Waals surface area (Å²) in [5.41, 5.74) is -0.0628. The van der Waals surface area contributed by atoms with E-state index in [9.17, 15) is 9.59 Å². The van der Waals surface area contributed by atoms with E-state index in [2.05, 4.69) is 5.32 Å². The van der Waals surface area contributed by atoms with Crippen LogP contribution in [0.5, 0.6) is 0 Å². The second-order valence-electron chi connectivity index (χ2n) is 5.47. The number of carboxylic acid groups (broad SMARTS) is 1. The number of amides is 1. The topological polar surface area (TPSA) is 79.5 Å². The van der Waals surface area contributed by atoms with Gasteiger partial charge in [0.2, 0.25) is 0 Å². The van der Waals surface area contributed by atoms with Crippen molar-refractivity contribution >= 4 is 11.9 Å². The first-order chi connectivity index (χ1) is 8.65. The zero-order chi connectivity index (χ0) is 14.8. The minimum Gasteiger partial charge on any atom is -0.481 e. The maximum atomic E-state index is 12.2. The van der Waals surface area contributed by atoms with E-state index in [1.807, 2.05) is 13.8 Å². The monoisotopic (exact) mass is 267 g/mol. The van der Waals surface area contributed by atoms with Gasteiger partial charge in [-0.05, 0) is 32.8 Å². The molecular formula is C14H21NO4. The molecule has 0 fully saturated rings. The van der Waals surface area contributed by atoms with Crippen LogP contribution in [0.25, 0.3) is 0 Å². The fourth-order valence-electron chi connectivity index (χ4n) is 1.89. The predicted octanol–water partition coefficient (Wildman–Crippen LogP) is 2.52. The van der Waals surface area contributed by atoms with Crippen molar-refractivity contribution in [2.24, 2.45) is 5.92 Å². The van der Waals surface area contributed by atoms with Gasteiger partial charge in [0, 0.05) is 5.56 Å². The number of carboxylic acids is 1. The van der Waals surface area contributed by atoms with E-state index in [1.165, 1.54) is 0 Å². The van der Waals surface area contributed by atoms with Crippen LogP contribution in [0.2, 0.25) is 0 Å². The highest BCUT2D eigenvalue weighted by atomic mass is 16.4. The summed E-state index contributed by atoms with van der Waals surface area (Å²) < 4.78 is 5.35. The molecule has 1 amide bonds. The molecule has 19 heavy (non-hydrogen) atoms. The Hall–Kier alpha value is -1.78. The van der Waals surface area contributed by atoms with Crippen molar-refractivity contribution in [3.8, 4) is 0 Å². The van der Waals surface area contributed by atoms with E-state index < -0.39 is 11.5 Å². The molecule has 0 aliphatic carbocycles. The molecule has 0 bridgehead atoms. The fourth-order valence-corrected chi connectivity index (χ4v) is 1.89. The van der Waals surface area contributed by atoms with Gasteiger partial charge in [0.1, 0.15) is 5.76 Å². The molecule has 0 saturated heterocycles. The number of carbonyl (C=O) groups is 2. The Morgan fingerprint density at radius 2 is 2.00 bits per heavy atom.